The molecule has 1 aromatic carbocycles. The summed E-state index contributed by atoms with van der Waals surface area (Å²) in [7, 11) is 0. The lowest BCUT2D eigenvalue weighted by molar-refractivity contribution is -0.160. The Bertz CT molecular complexity index is 1240. The van der Waals surface area contributed by atoms with Crippen LogP contribution in [0.3, 0.4) is 0 Å². The monoisotopic (exact) mass is 961 g/mol. The minimum absolute atomic E-state index is 0.0133. The lowest BCUT2D eigenvalue weighted by Gasteiger charge is -2.19. The molecule has 0 bridgehead atoms. The van der Waals surface area contributed by atoms with Gasteiger partial charge in [-0.1, -0.05) is 156 Å². The van der Waals surface area contributed by atoms with Crippen molar-refractivity contribution in [2.75, 3.05) is 52.6 Å². The first-order valence-electron chi connectivity index (χ1n) is 27.9. The summed E-state index contributed by atoms with van der Waals surface area (Å²) in [5.74, 6) is -0.694. The molecule has 68 heavy (non-hydrogen) atoms. The molecule has 1 amide bonds. The van der Waals surface area contributed by atoms with Crippen molar-refractivity contribution >= 4 is 18.0 Å². The first-order valence-corrected chi connectivity index (χ1v) is 27.9. The lowest BCUT2D eigenvalue weighted by Crippen LogP contribution is -2.33. The van der Waals surface area contributed by atoms with Crippen molar-refractivity contribution in [1.29, 1.82) is 0 Å². The van der Waals surface area contributed by atoms with Crippen LogP contribution in [0, 0.1) is 0 Å². The Morgan fingerprint density at radius 2 is 0.794 bits per heavy atom. The molecule has 12 heteroatoms. The number of hydrogen-bond donors (Lipinski definition) is 1. The van der Waals surface area contributed by atoms with E-state index in [1.165, 1.54) is 116 Å². The first-order chi connectivity index (χ1) is 33.4. The third kappa shape index (κ3) is 35.3. The third-order valence-electron chi connectivity index (χ3n) is 12.6. The van der Waals surface area contributed by atoms with Gasteiger partial charge in [0.05, 0.1) is 12.8 Å². The summed E-state index contributed by atoms with van der Waals surface area (Å²) in [5.41, 5.74) is 2.12. The summed E-state index contributed by atoms with van der Waals surface area (Å²) in [6.45, 7) is 14.8. The van der Waals surface area contributed by atoms with E-state index in [1.54, 1.807) is 0 Å². The molecule has 0 saturated carbocycles. The predicted octanol–water partition coefficient (Wildman–Crippen LogP) is 13.8. The Balaban J connectivity index is 2.00. The largest absolute Gasteiger partial charge is 0.461 e. The standard InChI is InChI=1S/C56H100N2O10/c1-5-9-13-17-21-27-39-62-54(63-40-28-22-18-14-10-6-2)33-31-52(59)66-46-49-43-50(45-51(44-49)48-68-56(61)57-35-38-58-36-25-26-37-58)47-67-53(60)32-34-55(64-41-29-23-19-15-11-7-3)65-42-30-24-20-16-12-8-4/h43-45,54-55H,5-42,46-48H2,1-4H3,(H,57,61). The smallest absolute Gasteiger partial charge is 0.407 e. The molecule has 12 nitrogen and oxygen atoms in total. The van der Waals surface area contributed by atoms with Gasteiger partial charge in [-0.05, 0) is 86.5 Å². The van der Waals surface area contributed by atoms with E-state index in [1.807, 2.05) is 18.2 Å². The zero-order valence-corrected chi connectivity index (χ0v) is 43.9. The van der Waals surface area contributed by atoms with Crippen LogP contribution >= 0.6 is 0 Å². The van der Waals surface area contributed by atoms with Gasteiger partial charge in [0.25, 0.3) is 0 Å². The molecule has 1 heterocycles. The van der Waals surface area contributed by atoms with E-state index in [0.717, 1.165) is 71.0 Å². The van der Waals surface area contributed by atoms with Crippen LogP contribution in [-0.4, -0.2) is 88.1 Å². The molecule has 1 aromatic rings. The highest BCUT2D eigenvalue weighted by molar-refractivity contribution is 5.70. The fraction of sp³-hybridized carbons (Fsp3) is 0.839. The quantitative estimate of drug-likeness (QED) is 0.0290. The Kier molecular flexibility index (Phi) is 39.9. The Morgan fingerprint density at radius 3 is 1.15 bits per heavy atom. The topological polar surface area (TPSA) is 131 Å². The van der Waals surface area contributed by atoms with Crippen molar-refractivity contribution in [3.63, 3.8) is 0 Å². The number of amides is 1. The van der Waals surface area contributed by atoms with Crippen LogP contribution in [0.5, 0.6) is 0 Å². The molecule has 1 saturated heterocycles. The highest BCUT2D eigenvalue weighted by Gasteiger charge is 2.17. The maximum atomic E-state index is 13.2. The van der Waals surface area contributed by atoms with E-state index in [9.17, 15) is 14.4 Å². The molecule has 0 aromatic heterocycles. The van der Waals surface area contributed by atoms with Crippen molar-refractivity contribution in [2.24, 2.45) is 0 Å². The maximum Gasteiger partial charge on any atom is 0.407 e. The fourth-order valence-electron chi connectivity index (χ4n) is 8.37. The van der Waals surface area contributed by atoms with Crippen molar-refractivity contribution in [1.82, 2.24) is 10.2 Å². The molecule has 394 valence electrons. The number of alkyl carbamates (subject to hydrolysis) is 1. The zero-order chi connectivity index (χ0) is 49.0. The molecule has 0 unspecified atom stereocenters. The zero-order valence-electron chi connectivity index (χ0n) is 43.9. The van der Waals surface area contributed by atoms with Crippen LogP contribution in [0.1, 0.15) is 237 Å². The summed E-state index contributed by atoms with van der Waals surface area (Å²) in [6.07, 6.45) is 30.4. The van der Waals surface area contributed by atoms with Gasteiger partial charge in [-0.2, -0.15) is 0 Å². The number of hydrogen-bond acceptors (Lipinski definition) is 11. The van der Waals surface area contributed by atoms with Gasteiger partial charge in [-0.3, -0.25) is 9.59 Å². The van der Waals surface area contributed by atoms with Crippen LogP contribution in [-0.2, 0) is 62.6 Å². The Labute approximate surface area is 414 Å². The number of carbonyl (C=O) groups is 3. The molecule has 1 aliphatic heterocycles. The third-order valence-corrected chi connectivity index (χ3v) is 12.6. The minimum Gasteiger partial charge on any atom is -0.461 e. The van der Waals surface area contributed by atoms with E-state index in [-0.39, 0.29) is 44.6 Å². The van der Waals surface area contributed by atoms with Crippen molar-refractivity contribution in [2.45, 2.75) is 253 Å². The second-order valence-corrected chi connectivity index (χ2v) is 19.0. The summed E-state index contributed by atoms with van der Waals surface area (Å²) >= 11 is 0. The molecule has 1 aliphatic rings. The van der Waals surface area contributed by atoms with Crippen molar-refractivity contribution in [3.05, 3.63) is 34.9 Å². The predicted molar refractivity (Wildman–Crippen MR) is 273 cm³/mol. The number of nitrogens with one attached hydrogen (secondary N) is 1. The summed E-state index contributed by atoms with van der Waals surface area (Å²) < 4.78 is 41.8. The Morgan fingerprint density at radius 1 is 0.471 bits per heavy atom. The number of carbonyl (C=O) groups excluding carboxylic acids is 3. The summed E-state index contributed by atoms with van der Waals surface area (Å²) in [4.78, 5) is 41.3. The number of benzene rings is 1. The van der Waals surface area contributed by atoms with Crippen LogP contribution in [0.25, 0.3) is 0 Å². The second kappa shape index (κ2) is 44.2. The number of rotatable bonds is 47. The average molecular weight is 961 g/mol. The first kappa shape index (κ1) is 61.3. The highest BCUT2D eigenvalue weighted by Crippen LogP contribution is 2.18. The molecule has 0 radical (unpaired) electrons. The van der Waals surface area contributed by atoms with Crippen LogP contribution in [0.15, 0.2) is 18.2 Å². The van der Waals surface area contributed by atoms with Crippen LogP contribution in [0.4, 0.5) is 4.79 Å². The number of unbranched alkanes of at least 4 members (excludes halogenated alkanes) is 20. The molecular weight excluding hydrogens is 861 g/mol. The van der Waals surface area contributed by atoms with Gasteiger partial charge in [0.15, 0.2) is 12.6 Å². The lowest BCUT2D eigenvalue weighted by atomic mass is 10.1. The average Bonchev–Trinajstić information content (AvgIpc) is 3.87. The fourth-order valence-corrected chi connectivity index (χ4v) is 8.37. The summed E-state index contributed by atoms with van der Waals surface area (Å²) in [5, 5.41) is 2.86. The van der Waals surface area contributed by atoms with E-state index in [2.05, 4.69) is 37.9 Å². The van der Waals surface area contributed by atoms with Gasteiger partial charge in [0.2, 0.25) is 0 Å². The SMILES string of the molecule is CCCCCCCCOC(CCC(=O)OCc1cc(COC(=O)CCC(OCCCCCCCC)OCCCCCCCC)cc(COC(=O)NCCN2CCCC2)c1)OCCCCCCCC. The number of esters is 2. The normalized spacial score (nSPS) is 12.9. The second-order valence-electron chi connectivity index (χ2n) is 19.0. The van der Waals surface area contributed by atoms with E-state index >= 15 is 0 Å². The van der Waals surface area contributed by atoms with E-state index in [4.69, 9.17) is 33.2 Å². The number of ether oxygens (including phenoxy) is 7. The van der Waals surface area contributed by atoms with E-state index in [0.29, 0.717) is 62.5 Å². The molecule has 2 rings (SSSR count). The molecule has 0 aliphatic carbocycles. The van der Waals surface area contributed by atoms with Gasteiger partial charge in [-0.25, -0.2) is 4.79 Å². The van der Waals surface area contributed by atoms with Crippen LogP contribution in [0.2, 0.25) is 0 Å². The summed E-state index contributed by atoms with van der Waals surface area (Å²) in [6, 6.07) is 5.59. The molecule has 1 N–H and O–H groups in total. The van der Waals surface area contributed by atoms with Gasteiger partial charge >= 0.3 is 18.0 Å². The van der Waals surface area contributed by atoms with Gasteiger partial charge in [0.1, 0.15) is 19.8 Å². The van der Waals surface area contributed by atoms with Crippen LogP contribution < -0.4 is 5.32 Å². The number of nitrogens with zero attached hydrogens (tertiary/aromatic N) is 1. The van der Waals surface area contributed by atoms with Gasteiger partial charge < -0.3 is 43.4 Å². The Hall–Kier alpha value is -2.77. The highest BCUT2D eigenvalue weighted by atomic mass is 16.7. The maximum absolute atomic E-state index is 13.2. The minimum atomic E-state index is -0.493. The molecule has 0 atom stereocenters. The molecule has 1 fully saturated rings. The number of likely N-dealkylation sites (tertiary alicyclic amines) is 1. The van der Waals surface area contributed by atoms with Crippen molar-refractivity contribution < 1.29 is 47.5 Å². The van der Waals surface area contributed by atoms with E-state index < -0.39 is 18.7 Å². The van der Waals surface area contributed by atoms with Gasteiger partial charge in [0, 0.05) is 52.4 Å². The molecule has 0 spiro atoms. The van der Waals surface area contributed by atoms with Crippen molar-refractivity contribution in [3.8, 4) is 0 Å². The van der Waals surface area contributed by atoms with Gasteiger partial charge in [-0.15, -0.1) is 0 Å². The molecular formula is C56H100N2O10.